The highest BCUT2D eigenvalue weighted by atomic mass is 15.0. The van der Waals surface area contributed by atoms with Gasteiger partial charge in [-0.05, 0) is 60.7 Å². The Morgan fingerprint density at radius 1 is 0.318 bits per heavy atom. The number of fused-ring (bicyclic) bond motifs is 6. The van der Waals surface area contributed by atoms with Gasteiger partial charge in [-0.25, -0.2) is 4.98 Å². The van der Waals surface area contributed by atoms with Gasteiger partial charge in [0.25, 0.3) is 0 Å². The molecule has 9 aromatic rings. The molecule has 206 valence electrons. The Labute approximate surface area is 254 Å². The zero-order chi connectivity index (χ0) is 29.0. The van der Waals surface area contributed by atoms with E-state index in [1.165, 1.54) is 43.6 Å². The monoisotopic (exact) mass is 561 g/mol. The smallest absolute Gasteiger partial charge is 0.0710 e. The number of hydrogen-bond acceptors (Lipinski definition) is 1. The highest BCUT2D eigenvalue weighted by Crippen LogP contribution is 2.35. The molecule has 9 rings (SSSR count). The second kappa shape index (κ2) is 9.82. The summed E-state index contributed by atoms with van der Waals surface area (Å²) in [6.45, 7) is 0. The van der Waals surface area contributed by atoms with Gasteiger partial charge in [0, 0.05) is 44.0 Å². The van der Waals surface area contributed by atoms with Crippen LogP contribution >= 0.6 is 0 Å². The molecule has 0 N–H and O–H groups in total. The number of hydrogen-bond donors (Lipinski definition) is 0. The second-order valence-electron chi connectivity index (χ2n) is 11.2. The van der Waals surface area contributed by atoms with E-state index in [0.29, 0.717) is 0 Å². The summed E-state index contributed by atoms with van der Waals surface area (Å²) in [6, 6.07) is 58.3. The third-order valence-electron chi connectivity index (χ3n) is 8.71. The third-order valence-corrected chi connectivity index (χ3v) is 8.71. The molecule has 0 radical (unpaired) electrons. The van der Waals surface area contributed by atoms with Crippen molar-refractivity contribution < 1.29 is 0 Å². The fraction of sp³-hybridized carbons (Fsp3) is 0. The molecule has 0 fully saturated rings. The van der Waals surface area contributed by atoms with E-state index in [-0.39, 0.29) is 0 Å². The first-order valence-electron chi connectivity index (χ1n) is 15.0. The first-order chi connectivity index (χ1) is 21.8. The zero-order valence-corrected chi connectivity index (χ0v) is 23.9. The molecule has 3 heteroatoms. The Kier molecular flexibility index (Phi) is 5.50. The number of aromatic nitrogens is 3. The Morgan fingerprint density at radius 3 is 1.05 bits per heavy atom. The normalized spacial score (nSPS) is 11.6. The van der Waals surface area contributed by atoms with Gasteiger partial charge in [-0.1, -0.05) is 103 Å². The predicted octanol–water partition coefficient (Wildman–Crippen LogP) is 10.6. The molecule has 3 heterocycles. The van der Waals surface area contributed by atoms with Crippen molar-refractivity contribution in [2.45, 2.75) is 0 Å². The van der Waals surface area contributed by atoms with Crippen LogP contribution in [0.25, 0.3) is 77.5 Å². The number of benzene rings is 6. The van der Waals surface area contributed by atoms with Crippen LogP contribution in [-0.2, 0) is 0 Å². The average molecular weight is 562 g/mol. The van der Waals surface area contributed by atoms with Gasteiger partial charge in [0.1, 0.15) is 0 Å². The summed E-state index contributed by atoms with van der Waals surface area (Å²) >= 11 is 0. The number of pyridine rings is 1. The van der Waals surface area contributed by atoms with E-state index in [0.717, 1.165) is 33.9 Å². The fourth-order valence-corrected chi connectivity index (χ4v) is 6.77. The van der Waals surface area contributed by atoms with Gasteiger partial charge in [-0.3, -0.25) is 0 Å². The predicted molar refractivity (Wildman–Crippen MR) is 184 cm³/mol. The number of nitrogens with zero attached hydrogens (tertiary/aromatic N) is 3. The molecule has 3 aromatic heterocycles. The maximum absolute atomic E-state index is 5.19. The standard InChI is InChI=1S/C41H27N3/c1-5-22-38-32(16-1)33-17-2-6-23-39(33)43(38)30-14-9-12-28(26-30)36-20-11-21-37(42-36)29-13-10-15-31(27-29)44-40-24-7-3-18-34(40)35-19-4-8-25-41(35)44/h1-27H. The molecule has 0 unspecified atom stereocenters. The van der Waals surface area contributed by atoms with Crippen molar-refractivity contribution >= 4 is 43.6 Å². The minimum Gasteiger partial charge on any atom is -0.309 e. The SMILES string of the molecule is c1cc(-c2cccc(-c3cccc(-n4c5ccccc5c5ccccc54)c3)n2)cc(-n2c3ccccc3c3ccccc32)c1. The summed E-state index contributed by atoms with van der Waals surface area (Å²) in [5, 5.41) is 5.04. The van der Waals surface area contributed by atoms with Crippen LogP contribution in [0.5, 0.6) is 0 Å². The van der Waals surface area contributed by atoms with Crippen molar-refractivity contribution in [2.24, 2.45) is 0 Å². The highest BCUT2D eigenvalue weighted by Gasteiger charge is 2.14. The summed E-state index contributed by atoms with van der Waals surface area (Å²) in [7, 11) is 0. The Balaban J connectivity index is 1.15. The maximum atomic E-state index is 5.19. The van der Waals surface area contributed by atoms with E-state index in [4.69, 9.17) is 4.98 Å². The zero-order valence-electron chi connectivity index (χ0n) is 23.9. The molecular formula is C41H27N3. The van der Waals surface area contributed by atoms with Gasteiger partial charge in [0.15, 0.2) is 0 Å². The molecule has 3 nitrogen and oxygen atoms in total. The van der Waals surface area contributed by atoms with Crippen LogP contribution in [0.15, 0.2) is 164 Å². The molecule has 0 aliphatic carbocycles. The van der Waals surface area contributed by atoms with E-state index >= 15 is 0 Å². The lowest BCUT2D eigenvalue weighted by Gasteiger charge is -2.12. The van der Waals surface area contributed by atoms with Gasteiger partial charge < -0.3 is 9.13 Å². The summed E-state index contributed by atoms with van der Waals surface area (Å²) in [5.41, 5.74) is 11.1. The van der Waals surface area contributed by atoms with Crippen LogP contribution in [-0.4, -0.2) is 14.1 Å². The van der Waals surface area contributed by atoms with Gasteiger partial charge in [0.05, 0.1) is 33.5 Å². The lowest BCUT2D eigenvalue weighted by molar-refractivity contribution is 1.17. The second-order valence-corrected chi connectivity index (χ2v) is 11.2. The minimum absolute atomic E-state index is 0.951. The van der Waals surface area contributed by atoms with Gasteiger partial charge in [-0.15, -0.1) is 0 Å². The molecule has 0 atom stereocenters. The molecule has 44 heavy (non-hydrogen) atoms. The van der Waals surface area contributed by atoms with Gasteiger partial charge in [-0.2, -0.15) is 0 Å². The maximum Gasteiger partial charge on any atom is 0.0710 e. The molecule has 0 aliphatic heterocycles. The minimum atomic E-state index is 0.951. The molecule has 0 aliphatic rings. The molecule has 0 saturated carbocycles. The molecule has 0 bridgehead atoms. The molecule has 0 spiro atoms. The van der Waals surface area contributed by atoms with E-state index in [9.17, 15) is 0 Å². The molecule has 0 saturated heterocycles. The topological polar surface area (TPSA) is 22.8 Å². The van der Waals surface area contributed by atoms with Crippen LogP contribution in [0.3, 0.4) is 0 Å². The van der Waals surface area contributed by atoms with Crippen LogP contribution in [0.1, 0.15) is 0 Å². The molecule has 6 aromatic carbocycles. The first kappa shape index (κ1) is 24.6. The van der Waals surface area contributed by atoms with E-state index in [1.807, 2.05) is 0 Å². The Hall–Kier alpha value is -5.93. The summed E-state index contributed by atoms with van der Waals surface area (Å²) in [6.07, 6.45) is 0. The highest BCUT2D eigenvalue weighted by molar-refractivity contribution is 6.10. The lowest BCUT2D eigenvalue weighted by atomic mass is 10.1. The Morgan fingerprint density at radius 2 is 0.659 bits per heavy atom. The van der Waals surface area contributed by atoms with Crippen molar-refractivity contribution in [3.05, 3.63) is 164 Å². The van der Waals surface area contributed by atoms with E-state index in [2.05, 4.69) is 173 Å². The number of para-hydroxylation sites is 4. The van der Waals surface area contributed by atoms with Crippen LogP contribution < -0.4 is 0 Å². The van der Waals surface area contributed by atoms with Crippen LogP contribution in [0.2, 0.25) is 0 Å². The van der Waals surface area contributed by atoms with Crippen molar-refractivity contribution in [1.82, 2.24) is 14.1 Å². The van der Waals surface area contributed by atoms with Crippen molar-refractivity contribution in [1.29, 1.82) is 0 Å². The van der Waals surface area contributed by atoms with Crippen LogP contribution in [0.4, 0.5) is 0 Å². The van der Waals surface area contributed by atoms with E-state index in [1.54, 1.807) is 0 Å². The summed E-state index contributed by atoms with van der Waals surface area (Å²) < 4.78 is 4.71. The quantitative estimate of drug-likeness (QED) is 0.210. The van der Waals surface area contributed by atoms with Crippen molar-refractivity contribution in [2.75, 3.05) is 0 Å². The summed E-state index contributed by atoms with van der Waals surface area (Å²) in [4.78, 5) is 5.19. The summed E-state index contributed by atoms with van der Waals surface area (Å²) in [5.74, 6) is 0. The first-order valence-corrected chi connectivity index (χ1v) is 15.0. The van der Waals surface area contributed by atoms with Crippen molar-refractivity contribution in [3.8, 4) is 33.9 Å². The number of rotatable bonds is 4. The van der Waals surface area contributed by atoms with Gasteiger partial charge in [0.2, 0.25) is 0 Å². The van der Waals surface area contributed by atoms with E-state index < -0.39 is 0 Å². The van der Waals surface area contributed by atoms with Crippen LogP contribution in [0, 0.1) is 0 Å². The third kappa shape index (κ3) is 3.80. The molecule has 0 amide bonds. The Bertz CT molecular complexity index is 2230. The lowest BCUT2D eigenvalue weighted by Crippen LogP contribution is -1.96. The van der Waals surface area contributed by atoms with Crippen molar-refractivity contribution in [3.63, 3.8) is 0 Å². The largest absolute Gasteiger partial charge is 0.309 e. The van der Waals surface area contributed by atoms with Gasteiger partial charge >= 0.3 is 0 Å². The fourth-order valence-electron chi connectivity index (χ4n) is 6.77. The average Bonchev–Trinajstić information content (AvgIpc) is 3.62. The molecular weight excluding hydrogens is 534 g/mol.